The minimum absolute atomic E-state index is 0.177. The Morgan fingerprint density at radius 1 is 1.45 bits per heavy atom. The lowest BCUT2D eigenvalue weighted by Crippen LogP contribution is -2.30. The van der Waals surface area contributed by atoms with Crippen molar-refractivity contribution in [2.75, 3.05) is 13.6 Å². The standard InChI is InChI=1S/C16H24N2O2/c1-11-9-14(11)15-6-5-13(20-15)10-18(2)16(19)7-8-17-12-3-4-12/h5-6,11-12,14,17H,3-4,7-10H2,1-2H3. The van der Waals surface area contributed by atoms with Crippen LogP contribution in [0.5, 0.6) is 0 Å². The molecule has 2 saturated carbocycles. The second-order valence-corrected chi connectivity index (χ2v) is 6.35. The van der Waals surface area contributed by atoms with Crippen LogP contribution in [0.2, 0.25) is 0 Å². The van der Waals surface area contributed by atoms with Gasteiger partial charge in [-0.3, -0.25) is 4.79 Å². The summed E-state index contributed by atoms with van der Waals surface area (Å²) in [5.74, 6) is 3.51. The number of hydrogen-bond donors (Lipinski definition) is 1. The molecule has 1 amide bonds. The van der Waals surface area contributed by atoms with Crippen LogP contribution >= 0.6 is 0 Å². The van der Waals surface area contributed by atoms with Crippen LogP contribution in [0, 0.1) is 5.92 Å². The van der Waals surface area contributed by atoms with E-state index in [0.29, 0.717) is 24.9 Å². The summed E-state index contributed by atoms with van der Waals surface area (Å²) in [5, 5.41) is 3.37. The largest absolute Gasteiger partial charge is 0.464 e. The molecule has 2 aliphatic carbocycles. The first kappa shape index (κ1) is 13.7. The van der Waals surface area contributed by atoms with Gasteiger partial charge in [-0.05, 0) is 37.3 Å². The van der Waals surface area contributed by atoms with Gasteiger partial charge in [0, 0.05) is 32.0 Å². The highest BCUT2D eigenvalue weighted by molar-refractivity contribution is 5.76. The lowest BCUT2D eigenvalue weighted by atomic mass is 10.3. The first-order valence-electron chi connectivity index (χ1n) is 7.69. The van der Waals surface area contributed by atoms with E-state index in [2.05, 4.69) is 18.3 Å². The topological polar surface area (TPSA) is 45.5 Å². The average Bonchev–Trinajstić information content (AvgIpc) is 3.32. The lowest BCUT2D eigenvalue weighted by Gasteiger charge is -2.15. The minimum atomic E-state index is 0.177. The van der Waals surface area contributed by atoms with Crippen LogP contribution in [0.25, 0.3) is 0 Å². The number of rotatable bonds is 7. The number of hydrogen-bond acceptors (Lipinski definition) is 3. The van der Waals surface area contributed by atoms with E-state index in [1.54, 1.807) is 4.90 Å². The van der Waals surface area contributed by atoms with Crippen LogP contribution in [0.3, 0.4) is 0 Å². The first-order chi connectivity index (χ1) is 9.63. The molecule has 3 rings (SSSR count). The van der Waals surface area contributed by atoms with Gasteiger partial charge in [-0.1, -0.05) is 6.92 Å². The van der Waals surface area contributed by atoms with E-state index in [-0.39, 0.29) is 5.91 Å². The van der Waals surface area contributed by atoms with Crippen molar-refractivity contribution in [3.63, 3.8) is 0 Å². The molecule has 1 aromatic heterocycles. The molecule has 0 bridgehead atoms. The highest BCUT2D eigenvalue weighted by Gasteiger charge is 2.36. The Kier molecular flexibility index (Phi) is 3.83. The second-order valence-electron chi connectivity index (χ2n) is 6.35. The quantitative estimate of drug-likeness (QED) is 0.832. The monoisotopic (exact) mass is 276 g/mol. The van der Waals surface area contributed by atoms with Crippen LogP contribution < -0.4 is 5.32 Å². The molecule has 0 radical (unpaired) electrons. The summed E-state index contributed by atoms with van der Waals surface area (Å²) in [7, 11) is 1.85. The van der Waals surface area contributed by atoms with Crippen LogP contribution in [-0.4, -0.2) is 30.4 Å². The SMILES string of the molecule is CC1CC1c1ccc(CN(C)C(=O)CCNC2CC2)o1. The number of nitrogens with zero attached hydrogens (tertiary/aromatic N) is 1. The van der Waals surface area contributed by atoms with Crippen molar-refractivity contribution in [3.8, 4) is 0 Å². The normalized spacial score (nSPS) is 24.7. The van der Waals surface area contributed by atoms with E-state index in [1.165, 1.54) is 19.3 Å². The molecule has 0 aromatic carbocycles. The van der Waals surface area contributed by atoms with Crippen LogP contribution in [0.1, 0.15) is 50.0 Å². The van der Waals surface area contributed by atoms with Gasteiger partial charge in [-0.15, -0.1) is 0 Å². The fraction of sp³-hybridized carbons (Fsp3) is 0.688. The van der Waals surface area contributed by atoms with Gasteiger partial charge in [0.15, 0.2) is 0 Å². The Morgan fingerprint density at radius 2 is 2.20 bits per heavy atom. The van der Waals surface area contributed by atoms with Crippen LogP contribution in [-0.2, 0) is 11.3 Å². The Morgan fingerprint density at radius 3 is 2.85 bits per heavy atom. The number of nitrogens with one attached hydrogen (secondary N) is 1. The van der Waals surface area contributed by atoms with Crippen molar-refractivity contribution < 1.29 is 9.21 Å². The van der Waals surface area contributed by atoms with Gasteiger partial charge >= 0.3 is 0 Å². The number of carbonyl (C=O) groups is 1. The van der Waals surface area contributed by atoms with E-state index in [0.717, 1.165) is 24.0 Å². The van der Waals surface area contributed by atoms with Gasteiger partial charge < -0.3 is 14.6 Å². The minimum Gasteiger partial charge on any atom is -0.464 e. The van der Waals surface area contributed by atoms with E-state index < -0.39 is 0 Å². The Labute approximate surface area is 120 Å². The Hall–Kier alpha value is -1.29. The number of amides is 1. The van der Waals surface area contributed by atoms with Gasteiger partial charge in [0.25, 0.3) is 0 Å². The highest BCUT2D eigenvalue weighted by atomic mass is 16.3. The predicted octanol–water partition coefficient (Wildman–Crippen LogP) is 2.50. The molecule has 2 fully saturated rings. The molecule has 4 nitrogen and oxygen atoms in total. The molecule has 1 aromatic rings. The summed E-state index contributed by atoms with van der Waals surface area (Å²) in [6.07, 6.45) is 4.33. The van der Waals surface area contributed by atoms with Crippen LogP contribution in [0.4, 0.5) is 0 Å². The predicted molar refractivity (Wildman–Crippen MR) is 77.3 cm³/mol. The molecule has 110 valence electrons. The van der Waals surface area contributed by atoms with Crippen molar-refractivity contribution in [1.82, 2.24) is 10.2 Å². The van der Waals surface area contributed by atoms with E-state index in [1.807, 2.05) is 13.1 Å². The zero-order chi connectivity index (χ0) is 14.1. The number of carbonyl (C=O) groups excluding carboxylic acids is 1. The Bertz CT molecular complexity index is 479. The van der Waals surface area contributed by atoms with Gasteiger partial charge in [-0.25, -0.2) is 0 Å². The van der Waals surface area contributed by atoms with E-state index in [9.17, 15) is 4.79 Å². The summed E-state index contributed by atoms with van der Waals surface area (Å²) in [6.45, 7) is 3.61. The Balaban J connectivity index is 1.43. The third-order valence-corrected chi connectivity index (χ3v) is 4.33. The maximum absolute atomic E-state index is 12.0. The fourth-order valence-electron chi connectivity index (χ4n) is 2.58. The zero-order valence-electron chi connectivity index (χ0n) is 12.4. The van der Waals surface area contributed by atoms with E-state index in [4.69, 9.17) is 4.42 Å². The maximum atomic E-state index is 12.0. The van der Waals surface area contributed by atoms with Gasteiger partial charge in [0.2, 0.25) is 5.91 Å². The molecule has 0 aliphatic heterocycles. The van der Waals surface area contributed by atoms with Crippen molar-refractivity contribution in [2.45, 2.75) is 51.1 Å². The molecule has 4 heteroatoms. The van der Waals surface area contributed by atoms with Gasteiger partial charge in [0.05, 0.1) is 6.54 Å². The van der Waals surface area contributed by atoms with Crippen molar-refractivity contribution in [1.29, 1.82) is 0 Å². The third kappa shape index (κ3) is 3.42. The average molecular weight is 276 g/mol. The number of furan rings is 1. The molecular weight excluding hydrogens is 252 g/mol. The maximum Gasteiger partial charge on any atom is 0.223 e. The summed E-state index contributed by atoms with van der Waals surface area (Å²) >= 11 is 0. The van der Waals surface area contributed by atoms with Gasteiger partial charge in [-0.2, -0.15) is 0 Å². The molecule has 2 aliphatic rings. The summed E-state index contributed by atoms with van der Waals surface area (Å²) in [5.41, 5.74) is 0. The lowest BCUT2D eigenvalue weighted by molar-refractivity contribution is -0.130. The molecule has 0 spiro atoms. The van der Waals surface area contributed by atoms with Crippen LogP contribution in [0.15, 0.2) is 16.5 Å². The molecule has 1 heterocycles. The zero-order valence-corrected chi connectivity index (χ0v) is 12.4. The molecule has 20 heavy (non-hydrogen) atoms. The molecule has 2 atom stereocenters. The highest BCUT2D eigenvalue weighted by Crippen LogP contribution is 2.47. The molecular formula is C16H24N2O2. The molecule has 2 unspecified atom stereocenters. The van der Waals surface area contributed by atoms with Gasteiger partial charge in [0.1, 0.15) is 11.5 Å². The van der Waals surface area contributed by atoms with Crippen molar-refractivity contribution in [2.24, 2.45) is 5.92 Å². The third-order valence-electron chi connectivity index (χ3n) is 4.33. The molecule has 1 N–H and O–H groups in total. The van der Waals surface area contributed by atoms with Crippen molar-refractivity contribution >= 4 is 5.91 Å². The second kappa shape index (κ2) is 5.60. The summed E-state index contributed by atoms with van der Waals surface area (Å²) < 4.78 is 5.84. The first-order valence-corrected chi connectivity index (χ1v) is 7.69. The summed E-state index contributed by atoms with van der Waals surface area (Å²) in [6, 6.07) is 4.74. The summed E-state index contributed by atoms with van der Waals surface area (Å²) in [4.78, 5) is 13.8. The molecule has 0 saturated heterocycles. The van der Waals surface area contributed by atoms with Crippen molar-refractivity contribution in [3.05, 3.63) is 23.7 Å². The smallest absolute Gasteiger partial charge is 0.223 e. The van der Waals surface area contributed by atoms with E-state index >= 15 is 0 Å². The fourth-order valence-corrected chi connectivity index (χ4v) is 2.58.